The summed E-state index contributed by atoms with van der Waals surface area (Å²) in [5.41, 5.74) is 0.232. The molecule has 2 rings (SSSR count). The Balaban J connectivity index is 1.83. The SMILES string of the molecule is O=C(NCC(=O)N1CCCCCCC1)c1cccc(F)c1. The Bertz CT molecular complexity index is 497. The largest absolute Gasteiger partial charge is 0.343 e. The van der Waals surface area contributed by atoms with E-state index in [0.29, 0.717) is 0 Å². The molecule has 0 unspecified atom stereocenters. The number of hydrogen-bond donors (Lipinski definition) is 1. The molecule has 1 aliphatic rings. The third-order valence-corrected chi connectivity index (χ3v) is 3.70. The van der Waals surface area contributed by atoms with Gasteiger partial charge in [-0.05, 0) is 31.0 Å². The molecule has 0 spiro atoms. The predicted molar refractivity (Wildman–Crippen MR) is 78.4 cm³/mol. The van der Waals surface area contributed by atoms with E-state index in [9.17, 15) is 14.0 Å². The van der Waals surface area contributed by atoms with Crippen LogP contribution in [-0.2, 0) is 4.79 Å². The van der Waals surface area contributed by atoms with Crippen molar-refractivity contribution in [3.05, 3.63) is 35.6 Å². The highest BCUT2D eigenvalue weighted by Gasteiger charge is 2.16. The number of hydrogen-bond acceptors (Lipinski definition) is 2. The molecule has 4 nitrogen and oxygen atoms in total. The molecular formula is C16H21FN2O2. The fraction of sp³-hybridized carbons (Fsp3) is 0.500. The second-order valence-electron chi connectivity index (χ2n) is 5.34. The molecule has 1 N–H and O–H groups in total. The summed E-state index contributed by atoms with van der Waals surface area (Å²) in [6.07, 6.45) is 5.57. The minimum Gasteiger partial charge on any atom is -0.343 e. The molecule has 1 heterocycles. The summed E-state index contributed by atoms with van der Waals surface area (Å²) in [7, 11) is 0. The topological polar surface area (TPSA) is 49.4 Å². The predicted octanol–water partition coefficient (Wildman–Crippen LogP) is 2.35. The number of benzene rings is 1. The number of halogens is 1. The van der Waals surface area contributed by atoms with Gasteiger partial charge in [-0.1, -0.05) is 25.3 Å². The highest BCUT2D eigenvalue weighted by Crippen LogP contribution is 2.10. The van der Waals surface area contributed by atoms with Gasteiger partial charge in [0.15, 0.2) is 0 Å². The lowest BCUT2D eigenvalue weighted by Crippen LogP contribution is -2.41. The monoisotopic (exact) mass is 292 g/mol. The van der Waals surface area contributed by atoms with Gasteiger partial charge in [0.2, 0.25) is 5.91 Å². The fourth-order valence-electron chi connectivity index (χ4n) is 2.50. The van der Waals surface area contributed by atoms with Gasteiger partial charge in [-0.2, -0.15) is 0 Å². The van der Waals surface area contributed by atoms with E-state index in [0.717, 1.165) is 44.8 Å². The van der Waals surface area contributed by atoms with Crippen molar-refractivity contribution in [3.63, 3.8) is 0 Å². The Kier molecular flexibility index (Phi) is 5.72. The Hall–Kier alpha value is -1.91. The third-order valence-electron chi connectivity index (χ3n) is 3.70. The first-order valence-corrected chi connectivity index (χ1v) is 7.48. The van der Waals surface area contributed by atoms with Crippen molar-refractivity contribution in [2.75, 3.05) is 19.6 Å². The smallest absolute Gasteiger partial charge is 0.251 e. The van der Waals surface area contributed by atoms with Crippen molar-refractivity contribution < 1.29 is 14.0 Å². The van der Waals surface area contributed by atoms with Crippen molar-refractivity contribution >= 4 is 11.8 Å². The van der Waals surface area contributed by atoms with E-state index in [1.165, 1.54) is 24.6 Å². The lowest BCUT2D eigenvalue weighted by atomic mass is 10.1. The van der Waals surface area contributed by atoms with Gasteiger partial charge in [0.25, 0.3) is 5.91 Å². The zero-order valence-electron chi connectivity index (χ0n) is 12.1. The number of carbonyl (C=O) groups excluding carboxylic acids is 2. The molecule has 21 heavy (non-hydrogen) atoms. The number of amides is 2. The molecule has 1 aromatic carbocycles. The first-order chi connectivity index (χ1) is 10.2. The molecule has 0 bridgehead atoms. The maximum absolute atomic E-state index is 13.0. The zero-order valence-corrected chi connectivity index (χ0v) is 12.1. The Labute approximate surface area is 124 Å². The first kappa shape index (κ1) is 15.5. The van der Waals surface area contributed by atoms with Crippen LogP contribution in [-0.4, -0.2) is 36.3 Å². The van der Waals surface area contributed by atoms with Crippen LogP contribution in [0.5, 0.6) is 0 Å². The number of likely N-dealkylation sites (tertiary alicyclic amines) is 1. The molecule has 114 valence electrons. The summed E-state index contributed by atoms with van der Waals surface area (Å²) in [6.45, 7) is 1.48. The molecule has 1 saturated heterocycles. The fourth-order valence-corrected chi connectivity index (χ4v) is 2.50. The van der Waals surface area contributed by atoms with Crippen LogP contribution >= 0.6 is 0 Å². The van der Waals surface area contributed by atoms with Crippen LogP contribution in [0, 0.1) is 5.82 Å². The van der Waals surface area contributed by atoms with Crippen LogP contribution in [0.15, 0.2) is 24.3 Å². The molecule has 0 aromatic heterocycles. The molecule has 2 amide bonds. The molecule has 0 radical (unpaired) electrons. The average molecular weight is 292 g/mol. The minimum absolute atomic E-state index is 0.0324. The van der Waals surface area contributed by atoms with Crippen molar-refractivity contribution in [2.45, 2.75) is 32.1 Å². The standard InChI is InChI=1S/C16H21FN2O2/c17-14-8-6-7-13(11-14)16(21)18-12-15(20)19-9-4-2-1-3-5-10-19/h6-8,11H,1-5,9-10,12H2,(H,18,21). The molecule has 0 saturated carbocycles. The maximum atomic E-state index is 13.0. The van der Waals surface area contributed by atoms with Crippen LogP contribution in [0.1, 0.15) is 42.5 Å². The summed E-state index contributed by atoms with van der Waals surface area (Å²) < 4.78 is 13.0. The quantitative estimate of drug-likeness (QED) is 0.929. The van der Waals surface area contributed by atoms with E-state index in [-0.39, 0.29) is 18.0 Å². The van der Waals surface area contributed by atoms with Gasteiger partial charge in [0.05, 0.1) is 6.54 Å². The normalized spacial score (nSPS) is 16.0. The van der Waals surface area contributed by atoms with Crippen LogP contribution in [0.3, 0.4) is 0 Å². The lowest BCUT2D eigenvalue weighted by Gasteiger charge is -2.24. The summed E-state index contributed by atoms with van der Waals surface area (Å²) in [6, 6.07) is 5.45. The van der Waals surface area contributed by atoms with Gasteiger partial charge in [-0.25, -0.2) is 4.39 Å². The molecule has 1 aromatic rings. The van der Waals surface area contributed by atoms with E-state index in [1.54, 1.807) is 0 Å². The summed E-state index contributed by atoms with van der Waals surface area (Å²) in [5.74, 6) is -0.950. The number of nitrogens with one attached hydrogen (secondary N) is 1. The summed E-state index contributed by atoms with van der Waals surface area (Å²) >= 11 is 0. The van der Waals surface area contributed by atoms with Crippen molar-refractivity contribution in [3.8, 4) is 0 Å². The van der Waals surface area contributed by atoms with Crippen LogP contribution in [0.4, 0.5) is 4.39 Å². The van der Waals surface area contributed by atoms with Gasteiger partial charge >= 0.3 is 0 Å². The van der Waals surface area contributed by atoms with Gasteiger partial charge in [-0.15, -0.1) is 0 Å². The van der Waals surface area contributed by atoms with Crippen LogP contribution < -0.4 is 5.32 Å². The van der Waals surface area contributed by atoms with Crippen LogP contribution in [0.2, 0.25) is 0 Å². The highest BCUT2D eigenvalue weighted by molar-refractivity contribution is 5.96. The Morgan fingerprint density at radius 2 is 1.76 bits per heavy atom. The summed E-state index contributed by atoms with van der Waals surface area (Å²) in [5, 5.41) is 2.56. The van der Waals surface area contributed by atoms with E-state index in [2.05, 4.69) is 5.32 Å². The number of nitrogens with zero attached hydrogens (tertiary/aromatic N) is 1. The number of carbonyl (C=O) groups is 2. The van der Waals surface area contributed by atoms with E-state index in [4.69, 9.17) is 0 Å². The van der Waals surface area contributed by atoms with Crippen LogP contribution in [0.25, 0.3) is 0 Å². The molecule has 5 heteroatoms. The molecule has 0 aliphatic carbocycles. The molecule has 1 aliphatic heterocycles. The van der Waals surface area contributed by atoms with Gasteiger partial charge in [-0.3, -0.25) is 9.59 Å². The first-order valence-electron chi connectivity index (χ1n) is 7.48. The highest BCUT2D eigenvalue weighted by atomic mass is 19.1. The maximum Gasteiger partial charge on any atom is 0.251 e. The summed E-state index contributed by atoms with van der Waals surface area (Å²) in [4.78, 5) is 25.8. The third kappa shape index (κ3) is 4.85. The van der Waals surface area contributed by atoms with E-state index < -0.39 is 11.7 Å². The van der Waals surface area contributed by atoms with Gasteiger partial charge < -0.3 is 10.2 Å². The minimum atomic E-state index is -0.460. The molecule has 0 atom stereocenters. The van der Waals surface area contributed by atoms with Gasteiger partial charge in [0.1, 0.15) is 5.82 Å². The lowest BCUT2D eigenvalue weighted by molar-refractivity contribution is -0.130. The Morgan fingerprint density at radius 1 is 1.10 bits per heavy atom. The van der Waals surface area contributed by atoms with Crippen molar-refractivity contribution in [1.82, 2.24) is 10.2 Å². The molecular weight excluding hydrogens is 271 g/mol. The zero-order chi connectivity index (χ0) is 15.1. The van der Waals surface area contributed by atoms with E-state index >= 15 is 0 Å². The van der Waals surface area contributed by atoms with Crippen molar-refractivity contribution in [2.24, 2.45) is 0 Å². The molecule has 1 fully saturated rings. The Morgan fingerprint density at radius 3 is 2.43 bits per heavy atom. The van der Waals surface area contributed by atoms with Gasteiger partial charge in [0, 0.05) is 18.7 Å². The second-order valence-corrected chi connectivity index (χ2v) is 5.34. The van der Waals surface area contributed by atoms with Crippen molar-refractivity contribution in [1.29, 1.82) is 0 Å². The van der Waals surface area contributed by atoms with E-state index in [1.807, 2.05) is 4.90 Å². The number of rotatable bonds is 3. The average Bonchev–Trinajstić information content (AvgIpc) is 2.44. The second kappa shape index (κ2) is 7.76.